The molecule has 0 aliphatic carbocycles. The number of para-hydroxylation sites is 1. The zero-order valence-electron chi connectivity index (χ0n) is 10.3. The summed E-state index contributed by atoms with van der Waals surface area (Å²) in [5.74, 6) is -0.347. The van der Waals surface area contributed by atoms with E-state index in [1.807, 2.05) is 18.2 Å². The summed E-state index contributed by atoms with van der Waals surface area (Å²) in [5, 5.41) is 13.4. The molecule has 1 aromatic heterocycles. The van der Waals surface area contributed by atoms with Crippen LogP contribution in [0.4, 0.5) is 5.69 Å². The number of nitrogens with zero attached hydrogens (tertiary/aromatic N) is 1. The monoisotopic (exact) mass is 282 g/mol. The van der Waals surface area contributed by atoms with Crippen LogP contribution >= 0.6 is 12.4 Å². The molecule has 1 fully saturated rings. The lowest BCUT2D eigenvalue weighted by Crippen LogP contribution is -2.43. The van der Waals surface area contributed by atoms with Crippen LogP contribution in [0.5, 0.6) is 5.75 Å². The van der Waals surface area contributed by atoms with Gasteiger partial charge in [-0.2, -0.15) is 0 Å². The molecule has 2 N–H and O–H groups in total. The number of hydrogen-bond donors (Lipinski definition) is 2. The van der Waals surface area contributed by atoms with Gasteiger partial charge in [-0.3, -0.25) is 0 Å². The van der Waals surface area contributed by atoms with Crippen LogP contribution in [0.15, 0.2) is 33.5 Å². The fourth-order valence-corrected chi connectivity index (χ4v) is 2.27. The van der Waals surface area contributed by atoms with E-state index in [9.17, 15) is 9.90 Å². The van der Waals surface area contributed by atoms with Gasteiger partial charge in [0.25, 0.3) is 0 Å². The SMILES string of the molecule is Cl.O=c1oc2c(N3CCNCC3)cccc2cc1O. The number of nitrogens with one attached hydrogen (secondary N) is 1. The van der Waals surface area contributed by atoms with Gasteiger partial charge >= 0.3 is 5.63 Å². The van der Waals surface area contributed by atoms with E-state index in [1.165, 1.54) is 6.07 Å². The molecule has 0 unspecified atom stereocenters. The molecule has 102 valence electrons. The van der Waals surface area contributed by atoms with Crippen molar-refractivity contribution in [2.45, 2.75) is 0 Å². The highest BCUT2D eigenvalue weighted by Crippen LogP contribution is 2.27. The van der Waals surface area contributed by atoms with Gasteiger partial charge in [-0.25, -0.2) is 4.79 Å². The number of piperazine rings is 1. The summed E-state index contributed by atoms with van der Waals surface area (Å²) in [6.45, 7) is 3.59. The Morgan fingerprint density at radius 1 is 1.26 bits per heavy atom. The number of rotatable bonds is 1. The summed E-state index contributed by atoms with van der Waals surface area (Å²) in [6.07, 6.45) is 0. The van der Waals surface area contributed by atoms with Gasteiger partial charge in [0.05, 0.1) is 5.69 Å². The van der Waals surface area contributed by atoms with E-state index in [0.717, 1.165) is 37.3 Å². The molecule has 2 aromatic rings. The summed E-state index contributed by atoms with van der Waals surface area (Å²) in [6, 6.07) is 7.11. The molecule has 0 saturated carbocycles. The smallest absolute Gasteiger partial charge is 0.378 e. The van der Waals surface area contributed by atoms with Gasteiger partial charge in [-0.1, -0.05) is 12.1 Å². The van der Waals surface area contributed by atoms with Gasteiger partial charge < -0.3 is 19.7 Å². The van der Waals surface area contributed by atoms with Crippen molar-refractivity contribution in [3.63, 3.8) is 0 Å². The molecule has 19 heavy (non-hydrogen) atoms. The lowest BCUT2D eigenvalue weighted by atomic mass is 10.2. The fraction of sp³-hybridized carbons (Fsp3) is 0.308. The lowest BCUT2D eigenvalue weighted by molar-refractivity contribution is 0.428. The van der Waals surface area contributed by atoms with E-state index in [4.69, 9.17) is 4.42 Å². The first kappa shape index (κ1) is 13.7. The Kier molecular flexibility index (Phi) is 3.97. The molecule has 0 bridgehead atoms. The van der Waals surface area contributed by atoms with E-state index in [-0.39, 0.29) is 18.2 Å². The first-order valence-electron chi connectivity index (χ1n) is 5.97. The Bertz CT molecular complexity index is 635. The second-order valence-corrected chi connectivity index (χ2v) is 4.35. The van der Waals surface area contributed by atoms with E-state index < -0.39 is 5.63 Å². The first-order chi connectivity index (χ1) is 8.75. The van der Waals surface area contributed by atoms with Crippen molar-refractivity contribution in [2.75, 3.05) is 31.1 Å². The first-order valence-corrected chi connectivity index (χ1v) is 5.97. The molecular weight excluding hydrogens is 268 g/mol. The molecule has 0 atom stereocenters. The molecule has 5 nitrogen and oxygen atoms in total. The van der Waals surface area contributed by atoms with Crippen molar-refractivity contribution in [2.24, 2.45) is 0 Å². The zero-order chi connectivity index (χ0) is 12.5. The third-order valence-electron chi connectivity index (χ3n) is 3.18. The lowest BCUT2D eigenvalue weighted by Gasteiger charge is -2.29. The van der Waals surface area contributed by atoms with Crippen LogP contribution in [0.3, 0.4) is 0 Å². The minimum absolute atomic E-state index is 0. The van der Waals surface area contributed by atoms with Crippen molar-refractivity contribution in [3.8, 4) is 5.75 Å². The average Bonchev–Trinajstić information content (AvgIpc) is 2.40. The number of hydrogen-bond acceptors (Lipinski definition) is 5. The van der Waals surface area contributed by atoms with E-state index in [2.05, 4.69) is 10.2 Å². The number of benzene rings is 1. The van der Waals surface area contributed by atoms with Crippen molar-refractivity contribution < 1.29 is 9.52 Å². The topological polar surface area (TPSA) is 65.7 Å². The summed E-state index contributed by atoms with van der Waals surface area (Å²) >= 11 is 0. The maximum absolute atomic E-state index is 11.4. The quantitative estimate of drug-likeness (QED) is 0.773. The minimum atomic E-state index is -0.690. The Morgan fingerprint density at radius 2 is 2.00 bits per heavy atom. The molecule has 3 rings (SSSR count). The molecule has 0 amide bonds. The van der Waals surface area contributed by atoms with Crippen molar-refractivity contribution >= 4 is 29.1 Å². The number of halogens is 1. The summed E-state index contributed by atoms with van der Waals surface area (Å²) < 4.78 is 5.21. The molecule has 1 saturated heterocycles. The molecular formula is C13H15ClN2O3. The minimum Gasteiger partial charge on any atom is -0.502 e. The van der Waals surface area contributed by atoms with Crippen LogP contribution in [0.2, 0.25) is 0 Å². The highest BCUT2D eigenvalue weighted by Gasteiger charge is 2.15. The molecule has 1 aromatic carbocycles. The van der Waals surface area contributed by atoms with Gasteiger partial charge in [0.15, 0.2) is 5.58 Å². The third kappa shape index (κ3) is 2.52. The van der Waals surface area contributed by atoms with E-state index >= 15 is 0 Å². The van der Waals surface area contributed by atoms with Crippen LogP contribution in [-0.2, 0) is 0 Å². The fourth-order valence-electron chi connectivity index (χ4n) is 2.27. The molecule has 1 aliphatic rings. The van der Waals surface area contributed by atoms with E-state index in [1.54, 1.807) is 0 Å². The predicted octanol–water partition coefficient (Wildman–Crippen LogP) is 1.33. The van der Waals surface area contributed by atoms with Crippen LogP contribution in [0.1, 0.15) is 0 Å². The summed E-state index contributed by atoms with van der Waals surface area (Å²) in [5.41, 5.74) is 0.762. The van der Waals surface area contributed by atoms with Crippen LogP contribution < -0.4 is 15.8 Å². The largest absolute Gasteiger partial charge is 0.502 e. The number of aromatic hydroxyl groups is 1. The maximum Gasteiger partial charge on any atom is 0.378 e. The third-order valence-corrected chi connectivity index (χ3v) is 3.18. The Hall–Kier alpha value is -1.72. The highest BCUT2D eigenvalue weighted by molar-refractivity contribution is 5.89. The molecule has 0 radical (unpaired) electrons. The summed E-state index contributed by atoms with van der Waals surface area (Å²) in [7, 11) is 0. The molecule has 2 heterocycles. The van der Waals surface area contributed by atoms with Gasteiger partial charge in [0.1, 0.15) is 0 Å². The van der Waals surface area contributed by atoms with Crippen molar-refractivity contribution in [1.29, 1.82) is 0 Å². The van der Waals surface area contributed by atoms with Gasteiger partial charge in [-0.05, 0) is 12.1 Å². The second-order valence-electron chi connectivity index (χ2n) is 4.35. The summed E-state index contributed by atoms with van der Waals surface area (Å²) in [4.78, 5) is 13.6. The normalized spacial score (nSPS) is 15.3. The molecule has 1 aliphatic heterocycles. The highest BCUT2D eigenvalue weighted by atomic mass is 35.5. The predicted molar refractivity (Wildman–Crippen MR) is 76.5 cm³/mol. The van der Waals surface area contributed by atoms with E-state index in [0.29, 0.717) is 5.58 Å². The van der Waals surface area contributed by atoms with Crippen LogP contribution in [0.25, 0.3) is 11.0 Å². The Labute approximate surface area is 116 Å². The van der Waals surface area contributed by atoms with Gasteiger partial charge in [0, 0.05) is 31.6 Å². The zero-order valence-corrected chi connectivity index (χ0v) is 11.1. The molecule has 6 heteroatoms. The number of fused-ring (bicyclic) bond motifs is 1. The average molecular weight is 283 g/mol. The number of anilines is 1. The van der Waals surface area contributed by atoms with Gasteiger partial charge in [0.2, 0.25) is 5.75 Å². The maximum atomic E-state index is 11.4. The van der Waals surface area contributed by atoms with Crippen molar-refractivity contribution in [1.82, 2.24) is 5.32 Å². The Balaban J connectivity index is 0.00000133. The second kappa shape index (κ2) is 5.50. The van der Waals surface area contributed by atoms with Crippen LogP contribution in [-0.4, -0.2) is 31.3 Å². The van der Waals surface area contributed by atoms with Crippen LogP contribution in [0, 0.1) is 0 Å². The van der Waals surface area contributed by atoms with Gasteiger partial charge in [-0.15, -0.1) is 12.4 Å². The Morgan fingerprint density at radius 3 is 2.74 bits per heavy atom. The standard InChI is InChI=1S/C13H14N2O3.ClH/c16-11-8-9-2-1-3-10(12(9)18-13(11)17)15-6-4-14-5-7-15;/h1-3,8,14,16H,4-7H2;1H. The van der Waals surface area contributed by atoms with Crippen molar-refractivity contribution in [3.05, 3.63) is 34.7 Å². The molecule has 0 spiro atoms.